The summed E-state index contributed by atoms with van der Waals surface area (Å²) >= 11 is 0. The molecule has 1 N–H and O–H groups in total. The van der Waals surface area contributed by atoms with Gasteiger partial charge in [0.15, 0.2) is 0 Å². The summed E-state index contributed by atoms with van der Waals surface area (Å²) < 4.78 is 0. The predicted octanol–water partition coefficient (Wildman–Crippen LogP) is 2.49. The van der Waals surface area contributed by atoms with Gasteiger partial charge in [0.2, 0.25) is 0 Å². The Morgan fingerprint density at radius 1 is 1.04 bits per heavy atom. The molecule has 7 heteroatoms. The fraction of sp³-hybridized carbons (Fsp3) is 0. The van der Waals surface area contributed by atoms with Crippen molar-refractivity contribution < 1.29 is 27.6 Å². The minimum Gasteiger partial charge on any atom is -0.693 e. The zero-order chi connectivity index (χ0) is 17.2. The molecular weight excluding hydrogens is 380 g/mol. The summed E-state index contributed by atoms with van der Waals surface area (Å²) in [5, 5.41) is 17.3. The van der Waals surface area contributed by atoms with Gasteiger partial charge in [0, 0.05) is 17.4 Å². The van der Waals surface area contributed by atoms with E-state index in [0.717, 1.165) is 17.1 Å². The van der Waals surface area contributed by atoms with Gasteiger partial charge >= 0.3 is 17.1 Å². The monoisotopic (exact) mass is 397 g/mol. The van der Waals surface area contributed by atoms with E-state index in [2.05, 4.69) is 26.9 Å². The van der Waals surface area contributed by atoms with Gasteiger partial charge in [0.25, 0.3) is 0 Å². The van der Waals surface area contributed by atoms with Gasteiger partial charge in [-0.15, -0.1) is 0 Å². The molecule has 26 heavy (non-hydrogen) atoms. The normalized spacial score (nSPS) is 9.69. The molecule has 2 heterocycles. The van der Waals surface area contributed by atoms with Crippen molar-refractivity contribution in [1.82, 2.24) is 9.97 Å². The number of hydrogen-bond donors (Lipinski definition) is 1. The maximum absolute atomic E-state index is 7.00. The average Bonchev–Trinajstić information content (AvgIpc) is 2.65. The molecule has 0 aliphatic carbocycles. The molecule has 2 aromatic heterocycles. The third-order valence-electron chi connectivity index (χ3n) is 3.06. The Bertz CT molecular complexity index is 834. The first-order valence-electron chi connectivity index (χ1n) is 7.09. The van der Waals surface area contributed by atoms with Gasteiger partial charge in [-0.3, -0.25) is 0 Å². The fourth-order valence-electron chi connectivity index (χ4n) is 2.04. The summed E-state index contributed by atoms with van der Waals surface area (Å²) in [5.74, 6) is 0.778. The molecule has 6 nitrogen and oxygen atoms in total. The van der Waals surface area contributed by atoms with Crippen LogP contribution >= 0.6 is 0 Å². The largest absolute Gasteiger partial charge is 1.00 e. The van der Waals surface area contributed by atoms with Crippen molar-refractivity contribution in [1.29, 1.82) is 0 Å². The first-order chi connectivity index (χ1) is 11.8. The van der Waals surface area contributed by atoms with E-state index in [9.17, 15) is 0 Å². The maximum Gasteiger partial charge on any atom is 1.00 e. The Morgan fingerprint density at radius 3 is 2.38 bits per heavy atom. The van der Waals surface area contributed by atoms with E-state index in [0.29, 0.717) is 11.2 Å². The molecule has 139 valence electrons. The molecular formula is C19H18CuN4O2-2. The molecule has 0 aliphatic heterocycles. The van der Waals surface area contributed by atoms with Crippen molar-refractivity contribution in [2.75, 3.05) is 5.32 Å². The summed E-state index contributed by atoms with van der Waals surface area (Å²) in [4.78, 5) is 12.9. The standard InChI is InChI=1S/C18H15N4.CH3.Cu.O2/c1-14(21-17-10-4-6-12-19-17)15-8-2-3-9-16(15)22-18-11-5-7-13-20-18;;;1-2/h2-13H,1H2,(H-,19,20,21,22);1H3;;/q2*-1;+1;-1. The zero-order valence-corrected chi connectivity index (χ0v) is 15.0. The smallest absolute Gasteiger partial charge is 0.693 e. The van der Waals surface area contributed by atoms with E-state index in [4.69, 9.17) is 10.5 Å². The molecule has 1 radical (unpaired) electrons. The summed E-state index contributed by atoms with van der Waals surface area (Å²) in [7, 11) is 0. The second kappa shape index (κ2) is 12.6. The van der Waals surface area contributed by atoms with E-state index in [1.54, 1.807) is 12.4 Å². The van der Waals surface area contributed by atoms with Crippen molar-refractivity contribution in [3.05, 3.63) is 98.1 Å². The van der Waals surface area contributed by atoms with E-state index >= 15 is 0 Å². The zero-order valence-electron chi connectivity index (χ0n) is 14.1. The number of aromatic nitrogens is 2. The number of nitrogens with zero attached hydrogens (tertiary/aromatic N) is 3. The number of nitrogens with one attached hydrogen (secondary N) is 1. The molecule has 0 saturated heterocycles. The minimum atomic E-state index is 0. The molecule has 0 fully saturated rings. The van der Waals surface area contributed by atoms with Gasteiger partial charge in [-0.1, -0.05) is 60.7 Å². The van der Waals surface area contributed by atoms with Gasteiger partial charge in [-0.25, -0.2) is 4.98 Å². The SMILES string of the molecule is C=C(N=c1cccc[n-]1)c1ccccc1Nc1ccccn1.[CH3-].[Cu+].[O][O-]. The average molecular weight is 398 g/mol. The first kappa shape index (κ1) is 23.3. The molecule has 0 atom stereocenters. The quantitative estimate of drug-likeness (QED) is 0.316. The Morgan fingerprint density at radius 2 is 1.73 bits per heavy atom. The fourth-order valence-corrected chi connectivity index (χ4v) is 2.04. The van der Waals surface area contributed by atoms with Crippen molar-refractivity contribution in [2.45, 2.75) is 0 Å². The van der Waals surface area contributed by atoms with Crippen molar-refractivity contribution in [3.8, 4) is 0 Å². The Kier molecular flexibility index (Phi) is 11.3. The van der Waals surface area contributed by atoms with Crippen LogP contribution in [-0.2, 0) is 22.3 Å². The molecule has 3 aromatic rings. The van der Waals surface area contributed by atoms with Crippen LogP contribution in [0.4, 0.5) is 11.5 Å². The summed E-state index contributed by atoms with van der Waals surface area (Å²) in [5.41, 5.74) is 3.11. The molecule has 0 saturated carbocycles. The molecule has 0 unspecified atom stereocenters. The minimum absolute atomic E-state index is 0. The van der Waals surface area contributed by atoms with Crippen LogP contribution in [0.15, 0.2) is 84.6 Å². The van der Waals surface area contributed by atoms with E-state index in [1.807, 2.05) is 60.7 Å². The summed E-state index contributed by atoms with van der Waals surface area (Å²) in [6, 6.07) is 19.2. The van der Waals surface area contributed by atoms with Crippen LogP contribution in [0.5, 0.6) is 0 Å². The Labute approximate surface area is 163 Å². The van der Waals surface area contributed by atoms with Crippen LogP contribution in [0.3, 0.4) is 0 Å². The number of anilines is 2. The van der Waals surface area contributed by atoms with Crippen LogP contribution < -0.4 is 21.0 Å². The van der Waals surface area contributed by atoms with Crippen LogP contribution in [0, 0.1) is 7.43 Å². The second-order valence-corrected chi connectivity index (χ2v) is 4.63. The number of benzene rings is 1. The van der Waals surface area contributed by atoms with E-state index in [-0.39, 0.29) is 24.5 Å². The number of para-hydroxylation sites is 1. The Hall–Kier alpha value is -2.70. The molecule has 0 amide bonds. The van der Waals surface area contributed by atoms with Gasteiger partial charge in [-0.05, 0) is 23.9 Å². The van der Waals surface area contributed by atoms with Crippen LogP contribution in [0.2, 0.25) is 0 Å². The van der Waals surface area contributed by atoms with Gasteiger partial charge in [0.05, 0.1) is 0 Å². The third kappa shape index (κ3) is 6.66. The number of hydrogen-bond acceptors (Lipinski definition) is 4. The Balaban J connectivity index is 0.00000151. The van der Waals surface area contributed by atoms with Crippen LogP contribution in [-0.4, -0.2) is 4.98 Å². The number of pyridine rings is 2. The predicted molar refractivity (Wildman–Crippen MR) is 95.4 cm³/mol. The molecule has 0 bridgehead atoms. The first-order valence-corrected chi connectivity index (χ1v) is 7.09. The van der Waals surface area contributed by atoms with Gasteiger partial charge < -0.3 is 33.2 Å². The molecule has 0 aliphatic rings. The van der Waals surface area contributed by atoms with Crippen LogP contribution in [0.1, 0.15) is 5.56 Å². The summed E-state index contributed by atoms with van der Waals surface area (Å²) in [6.45, 7) is 4.06. The van der Waals surface area contributed by atoms with Crippen molar-refractivity contribution in [2.24, 2.45) is 4.99 Å². The molecule has 3 rings (SSSR count). The van der Waals surface area contributed by atoms with E-state index in [1.165, 1.54) is 0 Å². The van der Waals surface area contributed by atoms with Crippen molar-refractivity contribution >= 4 is 17.2 Å². The third-order valence-corrected chi connectivity index (χ3v) is 3.06. The summed E-state index contributed by atoms with van der Waals surface area (Å²) in [6.07, 6.45) is 3.46. The number of rotatable bonds is 4. The van der Waals surface area contributed by atoms with Gasteiger partial charge in [0.1, 0.15) is 5.82 Å². The maximum atomic E-state index is 7.00. The molecule has 0 spiro atoms. The topological polar surface area (TPSA) is 94.3 Å². The second-order valence-electron chi connectivity index (χ2n) is 4.63. The van der Waals surface area contributed by atoms with E-state index < -0.39 is 0 Å². The van der Waals surface area contributed by atoms with Gasteiger partial charge in [-0.2, -0.15) is 0 Å². The van der Waals surface area contributed by atoms with Crippen LogP contribution in [0.25, 0.3) is 5.70 Å². The molecule has 1 aromatic carbocycles. The van der Waals surface area contributed by atoms with Crippen molar-refractivity contribution in [3.63, 3.8) is 0 Å².